The van der Waals surface area contributed by atoms with E-state index in [1.54, 1.807) is 11.3 Å². The number of rotatable bonds is 4. The first-order valence-electron chi connectivity index (χ1n) is 7.01. The van der Waals surface area contributed by atoms with Crippen LogP contribution >= 0.6 is 11.3 Å². The largest absolute Gasteiger partial charge is 0.384 e. The number of amides is 1. The highest BCUT2D eigenvalue weighted by Crippen LogP contribution is 2.19. The fraction of sp³-hybridized carbons (Fsp3) is 0.533. The lowest BCUT2D eigenvalue weighted by molar-refractivity contribution is -0.132. The van der Waals surface area contributed by atoms with Gasteiger partial charge in [0.15, 0.2) is 0 Å². The number of aliphatic hydroxyl groups is 1. The summed E-state index contributed by atoms with van der Waals surface area (Å²) in [4.78, 5) is 15.4. The Hall–Kier alpha value is -1.39. The standard InChI is InChI=1S/C15H20N2O3S/c1-2-16-15(19)14-10-20-7-5-17(14)9-13-8-12(11-21-13)4-3-6-18/h8,11,14,18H,2,5-7,9-10H2,1H3,(H,16,19). The Morgan fingerprint density at radius 2 is 2.52 bits per heavy atom. The van der Waals surface area contributed by atoms with Gasteiger partial charge in [0.1, 0.15) is 12.6 Å². The quantitative estimate of drug-likeness (QED) is 0.792. The van der Waals surface area contributed by atoms with Gasteiger partial charge in [0.2, 0.25) is 5.91 Å². The second kappa shape index (κ2) is 8.15. The van der Waals surface area contributed by atoms with Crippen molar-refractivity contribution in [2.75, 3.05) is 32.9 Å². The first-order valence-corrected chi connectivity index (χ1v) is 7.89. The maximum absolute atomic E-state index is 12.1. The predicted molar refractivity (Wildman–Crippen MR) is 82.0 cm³/mol. The van der Waals surface area contributed by atoms with Crippen LogP contribution in [0.1, 0.15) is 17.4 Å². The molecule has 0 saturated carbocycles. The van der Waals surface area contributed by atoms with Crippen molar-refractivity contribution < 1.29 is 14.6 Å². The van der Waals surface area contributed by atoms with Crippen molar-refractivity contribution in [1.29, 1.82) is 0 Å². The molecule has 0 radical (unpaired) electrons. The maximum atomic E-state index is 12.1. The van der Waals surface area contributed by atoms with Gasteiger partial charge in [0, 0.05) is 35.5 Å². The molecule has 1 aromatic heterocycles. The smallest absolute Gasteiger partial charge is 0.239 e. The Morgan fingerprint density at radius 1 is 1.67 bits per heavy atom. The Morgan fingerprint density at radius 3 is 3.29 bits per heavy atom. The highest BCUT2D eigenvalue weighted by Gasteiger charge is 2.29. The van der Waals surface area contributed by atoms with Crippen molar-refractivity contribution >= 4 is 17.2 Å². The average molecular weight is 308 g/mol. The molecule has 1 amide bonds. The van der Waals surface area contributed by atoms with Crippen molar-refractivity contribution in [3.05, 3.63) is 21.9 Å². The van der Waals surface area contributed by atoms with Crippen LogP contribution in [0.15, 0.2) is 11.4 Å². The van der Waals surface area contributed by atoms with Gasteiger partial charge in [-0.2, -0.15) is 0 Å². The molecule has 114 valence electrons. The van der Waals surface area contributed by atoms with Gasteiger partial charge in [-0.1, -0.05) is 11.8 Å². The van der Waals surface area contributed by atoms with Crippen LogP contribution in [0.3, 0.4) is 0 Å². The van der Waals surface area contributed by atoms with E-state index in [-0.39, 0.29) is 18.6 Å². The molecular weight excluding hydrogens is 288 g/mol. The Labute approximate surface area is 128 Å². The summed E-state index contributed by atoms with van der Waals surface area (Å²) in [6, 6.07) is 1.78. The van der Waals surface area contributed by atoms with Gasteiger partial charge in [-0.15, -0.1) is 11.3 Å². The van der Waals surface area contributed by atoms with Crippen LogP contribution in [0.25, 0.3) is 0 Å². The lowest BCUT2D eigenvalue weighted by atomic mass is 10.2. The van der Waals surface area contributed by atoms with E-state index in [0.717, 1.165) is 23.5 Å². The molecule has 0 spiro atoms. The molecule has 2 heterocycles. The molecule has 6 heteroatoms. The lowest BCUT2D eigenvalue weighted by Gasteiger charge is -2.34. The van der Waals surface area contributed by atoms with Gasteiger partial charge in [-0.25, -0.2) is 0 Å². The number of nitrogens with zero attached hydrogens (tertiary/aromatic N) is 1. The van der Waals surface area contributed by atoms with Crippen molar-refractivity contribution in [3.63, 3.8) is 0 Å². The van der Waals surface area contributed by atoms with Crippen molar-refractivity contribution in [2.24, 2.45) is 0 Å². The number of carbonyl (C=O) groups is 1. The summed E-state index contributed by atoms with van der Waals surface area (Å²) in [7, 11) is 0. The minimum Gasteiger partial charge on any atom is -0.384 e. The second-order valence-corrected chi connectivity index (χ2v) is 5.71. The van der Waals surface area contributed by atoms with Crippen LogP contribution in [0, 0.1) is 11.8 Å². The molecule has 1 fully saturated rings. The topological polar surface area (TPSA) is 61.8 Å². The van der Waals surface area contributed by atoms with Gasteiger partial charge in [0.25, 0.3) is 0 Å². The molecule has 1 aromatic rings. The first-order chi connectivity index (χ1) is 10.2. The van der Waals surface area contributed by atoms with E-state index in [1.165, 1.54) is 0 Å². The molecule has 0 aromatic carbocycles. The van der Waals surface area contributed by atoms with Crippen molar-refractivity contribution in [3.8, 4) is 11.8 Å². The Kier molecular flexibility index (Phi) is 6.21. The third-order valence-corrected chi connectivity index (χ3v) is 4.14. The lowest BCUT2D eigenvalue weighted by Crippen LogP contribution is -2.53. The van der Waals surface area contributed by atoms with Crippen LogP contribution in [0.2, 0.25) is 0 Å². The molecule has 2 N–H and O–H groups in total. The molecule has 1 unspecified atom stereocenters. The van der Waals surface area contributed by atoms with E-state index in [9.17, 15) is 4.79 Å². The third-order valence-electron chi connectivity index (χ3n) is 3.22. The number of aliphatic hydroxyl groups excluding tert-OH is 1. The van der Waals surface area contributed by atoms with E-state index in [0.29, 0.717) is 19.8 Å². The normalized spacial score (nSPS) is 18.9. The molecule has 5 nitrogen and oxygen atoms in total. The van der Waals surface area contributed by atoms with Gasteiger partial charge in [-0.05, 0) is 13.0 Å². The zero-order chi connectivity index (χ0) is 15.1. The molecule has 1 atom stereocenters. The van der Waals surface area contributed by atoms with E-state index < -0.39 is 0 Å². The summed E-state index contributed by atoms with van der Waals surface area (Å²) < 4.78 is 5.43. The van der Waals surface area contributed by atoms with Gasteiger partial charge < -0.3 is 15.2 Å². The third kappa shape index (κ3) is 4.55. The van der Waals surface area contributed by atoms with E-state index >= 15 is 0 Å². The molecule has 1 saturated heterocycles. The summed E-state index contributed by atoms with van der Waals surface area (Å²) in [5.74, 6) is 5.56. The minimum atomic E-state index is -0.229. The highest BCUT2D eigenvalue weighted by atomic mass is 32.1. The fourth-order valence-corrected chi connectivity index (χ4v) is 3.07. The number of ether oxygens (including phenoxy) is 1. The van der Waals surface area contributed by atoms with Crippen molar-refractivity contribution in [2.45, 2.75) is 19.5 Å². The van der Waals surface area contributed by atoms with Crippen LogP contribution in [0.4, 0.5) is 0 Å². The fourth-order valence-electron chi connectivity index (χ4n) is 2.23. The molecular formula is C15H20N2O3S. The summed E-state index contributed by atoms with van der Waals surface area (Å²) in [5, 5.41) is 13.5. The highest BCUT2D eigenvalue weighted by molar-refractivity contribution is 7.10. The number of morpholine rings is 1. The Balaban J connectivity index is 2.01. The molecule has 21 heavy (non-hydrogen) atoms. The number of likely N-dealkylation sites (N-methyl/N-ethyl adjacent to an activating group) is 1. The summed E-state index contributed by atoms with van der Waals surface area (Å²) in [5.41, 5.74) is 0.909. The zero-order valence-corrected chi connectivity index (χ0v) is 12.9. The monoisotopic (exact) mass is 308 g/mol. The molecule has 1 aliphatic rings. The van der Waals surface area contributed by atoms with Crippen LogP contribution < -0.4 is 5.32 Å². The SMILES string of the molecule is CCNC(=O)C1COCCN1Cc1cc(C#CCO)cs1. The number of carbonyl (C=O) groups excluding carboxylic acids is 1. The molecule has 0 bridgehead atoms. The average Bonchev–Trinajstić information content (AvgIpc) is 2.93. The van der Waals surface area contributed by atoms with Gasteiger partial charge in [0.05, 0.1) is 13.2 Å². The van der Waals surface area contributed by atoms with Gasteiger partial charge in [-0.3, -0.25) is 9.69 Å². The summed E-state index contributed by atoms with van der Waals surface area (Å²) in [6.45, 7) is 4.97. The van der Waals surface area contributed by atoms with E-state index in [1.807, 2.05) is 18.4 Å². The second-order valence-electron chi connectivity index (χ2n) is 4.72. The predicted octanol–water partition coefficient (Wildman–Crippen LogP) is 0.429. The number of thiophene rings is 1. The molecule has 1 aliphatic heterocycles. The van der Waals surface area contributed by atoms with E-state index in [2.05, 4.69) is 22.1 Å². The van der Waals surface area contributed by atoms with Gasteiger partial charge >= 0.3 is 0 Å². The maximum Gasteiger partial charge on any atom is 0.239 e. The Bertz CT molecular complexity index is 533. The summed E-state index contributed by atoms with van der Waals surface area (Å²) in [6.07, 6.45) is 0. The van der Waals surface area contributed by atoms with E-state index in [4.69, 9.17) is 9.84 Å². The van der Waals surface area contributed by atoms with Crippen molar-refractivity contribution in [1.82, 2.24) is 10.2 Å². The number of nitrogens with one attached hydrogen (secondary N) is 1. The number of hydrogen-bond donors (Lipinski definition) is 2. The minimum absolute atomic E-state index is 0.0223. The molecule has 0 aliphatic carbocycles. The van der Waals surface area contributed by atoms with Crippen LogP contribution in [-0.2, 0) is 16.1 Å². The summed E-state index contributed by atoms with van der Waals surface area (Å²) >= 11 is 1.62. The zero-order valence-electron chi connectivity index (χ0n) is 12.1. The van der Waals surface area contributed by atoms with Crippen LogP contribution in [-0.4, -0.2) is 54.9 Å². The number of hydrogen-bond acceptors (Lipinski definition) is 5. The van der Waals surface area contributed by atoms with Crippen LogP contribution in [0.5, 0.6) is 0 Å². The molecule has 2 rings (SSSR count). The first kappa shape index (κ1) is 16.0.